The second-order valence-corrected chi connectivity index (χ2v) is 6.23. The van der Waals surface area contributed by atoms with Crippen LogP contribution in [0.1, 0.15) is 27.9 Å². The van der Waals surface area contributed by atoms with Gasteiger partial charge in [-0.3, -0.25) is 4.90 Å². The number of aromatic nitrogens is 1. The summed E-state index contributed by atoms with van der Waals surface area (Å²) in [6.45, 7) is 2.79. The van der Waals surface area contributed by atoms with Crippen LogP contribution >= 0.6 is 0 Å². The highest BCUT2D eigenvalue weighted by molar-refractivity contribution is 5.89. The summed E-state index contributed by atoms with van der Waals surface area (Å²) in [5, 5.41) is 9.31. The van der Waals surface area contributed by atoms with Crippen molar-refractivity contribution in [2.24, 2.45) is 5.92 Å². The Balaban J connectivity index is 1.63. The van der Waals surface area contributed by atoms with Gasteiger partial charge in [-0.2, -0.15) is 0 Å². The number of carboxylic acids is 1. The van der Waals surface area contributed by atoms with Crippen LogP contribution in [-0.2, 0) is 13.0 Å². The van der Waals surface area contributed by atoms with E-state index in [-0.39, 0.29) is 0 Å². The molecule has 2 heterocycles. The molecule has 24 heavy (non-hydrogen) atoms. The number of benzene rings is 1. The van der Waals surface area contributed by atoms with Crippen LogP contribution in [0.25, 0.3) is 0 Å². The molecule has 1 unspecified atom stereocenters. The molecule has 0 amide bonds. The van der Waals surface area contributed by atoms with Gasteiger partial charge in [0.2, 0.25) is 5.88 Å². The summed E-state index contributed by atoms with van der Waals surface area (Å²) in [6, 6.07) is 11.3. The van der Waals surface area contributed by atoms with Gasteiger partial charge in [-0.15, -0.1) is 0 Å². The maximum atomic E-state index is 11.3. The second-order valence-electron chi connectivity index (χ2n) is 6.23. The molecular weight excluding hydrogens is 304 g/mol. The van der Waals surface area contributed by atoms with Gasteiger partial charge in [0.15, 0.2) is 0 Å². The van der Waals surface area contributed by atoms with E-state index in [1.807, 2.05) is 24.3 Å². The Labute approximate surface area is 141 Å². The van der Waals surface area contributed by atoms with Crippen LogP contribution in [0, 0.1) is 5.92 Å². The number of nitrogens with zero attached hydrogens (tertiary/aromatic N) is 2. The summed E-state index contributed by atoms with van der Waals surface area (Å²) in [5.41, 5.74) is 2.44. The van der Waals surface area contributed by atoms with Crippen LogP contribution in [0.3, 0.4) is 0 Å². The largest absolute Gasteiger partial charge is 0.481 e. The number of ether oxygens (including phenoxy) is 1. The van der Waals surface area contributed by atoms with E-state index in [0.29, 0.717) is 17.4 Å². The van der Waals surface area contributed by atoms with Crippen LogP contribution in [-0.4, -0.2) is 41.2 Å². The van der Waals surface area contributed by atoms with Crippen molar-refractivity contribution in [1.82, 2.24) is 9.88 Å². The molecule has 3 rings (SSSR count). The Morgan fingerprint density at radius 3 is 2.88 bits per heavy atom. The normalized spacial score (nSPS) is 17.8. The molecule has 0 aliphatic carbocycles. The second kappa shape index (κ2) is 7.45. The third-order valence-electron chi connectivity index (χ3n) is 4.56. The molecule has 0 bridgehead atoms. The topological polar surface area (TPSA) is 62.7 Å². The van der Waals surface area contributed by atoms with Crippen LogP contribution in [0.4, 0.5) is 0 Å². The molecule has 0 spiro atoms. The van der Waals surface area contributed by atoms with Gasteiger partial charge in [0.25, 0.3) is 0 Å². The summed E-state index contributed by atoms with van der Waals surface area (Å²) in [4.78, 5) is 18.0. The first-order chi connectivity index (χ1) is 11.7. The lowest BCUT2D eigenvalue weighted by molar-refractivity contribution is 0.0695. The number of aromatic carboxylic acids is 1. The Morgan fingerprint density at radius 2 is 2.08 bits per heavy atom. The summed E-state index contributed by atoms with van der Waals surface area (Å²) in [6.07, 6.45) is 3.62. The monoisotopic (exact) mass is 326 g/mol. The van der Waals surface area contributed by atoms with Crippen molar-refractivity contribution in [3.8, 4) is 5.88 Å². The molecule has 1 aliphatic heterocycles. The fraction of sp³-hybridized carbons (Fsp3) is 0.368. The molecule has 5 nitrogen and oxygen atoms in total. The van der Waals surface area contributed by atoms with Gasteiger partial charge in [0.1, 0.15) is 0 Å². The third-order valence-corrected chi connectivity index (χ3v) is 4.56. The molecule has 1 aliphatic rings. The van der Waals surface area contributed by atoms with Gasteiger partial charge in [-0.1, -0.05) is 24.3 Å². The van der Waals surface area contributed by atoms with Crippen molar-refractivity contribution in [3.63, 3.8) is 0 Å². The number of hydrogen-bond acceptors (Lipinski definition) is 4. The fourth-order valence-electron chi connectivity index (χ4n) is 3.41. The molecular formula is C19H22N2O3. The molecule has 126 valence electrons. The fourth-order valence-corrected chi connectivity index (χ4v) is 3.41. The zero-order chi connectivity index (χ0) is 16.9. The average molecular weight is 326 g/mol. The Hall–Kier alpha value is -2.40. The Bertz CT molecular complexity index is 717. The SMILES string of the molecule is COc1ncccc1CN1CCC(Cc2ccccc2C(=O)O)C1. The maximum Gasteiger partial charge on any atom is 0.335 e. The zero-order valence-corrected chi connectivity index (χ0v) is 13.8. The van der Waals surface area contributed by atoms with Crippen molar-refractivity contribution in [2.45, 2.75) is 19.4 Å². The van der Waals surface area contributed by atoms with Crippen LogP contribution < -0.4 is 4.74 Å². The van der Waals surface area contributed by atoms with Gasteiger partial charge < -0.3 is 9.84 Å². The molecule has 5 heteroatoms. The molecule has 1 fully saturated rings. The third kappa shape index (κ3) is 3.74. The minimum atomic E-state index is -0.847. The van der Waals surface area contributed by atoms with E-state index in [2.05, 4.69) is 9.88 Å². The zero-order valence-electron chi connectivity index (χ0n) is 13.8. The van der Waals surface area contributed by atoms with Crippen LogP contribution in [0.5, 0.6) is 5.88 Å². The lowest BCUT2D eigenvalue weighted by Crippen LogP contribution is -2.21. The van der Waals surface area contributed by atoms with Gasteiger partial charge in [-0.25, -0.2) is 9.78 Å². The van der Waals surface area contributed by atoms with Crippen molar-refractivity contribution in [1.29, 1.82) is 0 Å². The number of rotatable bonds is 6. The lowest BCUT2D eigenvalue weighted by atomic mass is 9.95. The van der Waals surface area contributed by atoms with E-state index in [9.17, 15) is 9.90 Å². The highest BCUT2D eigenvalue weighted by Gasteiger charge is 2.25. The number of carbonyl (C=O) groups is 1. The van der Waals surface area contributed by atoms with Gasteiger partial charge in [0.05, 0.1) is 12.7 Å². The van der Waals surface area contributed by atoms with Crippen molar-refractivity contribution in [2.75, 3.05) is 20.2 Å². The summed E-state index contributed by atoms with van der Waals surface area (Å²) in [7, 11) is 1.64. The van der Waals surface area contributed by atoms with Crippen LogP contribution in [0.15, 0.2) is 42.6 Å². The van der Waals surface area contributed by atoms with Gasteiger partial charge in [-0.05, 0) is 43.0 Å². The van der Waals surface area contributed by atoms with E-state index in [0.717, 1.165) is 43.6 Å². The molecule has 2 aromatic rings. The highest BCUT2D eigenvalue weighted by atomic mass is 16.5. The predicted octanol–water partition coefficient (Wildman–Crippen LogP) is 2.85. The predicted molar refractivity (Wildman–Crippen MR) is 91.3 cm³/mol. The van der Waals surface area contributed by atoms with E-state index in [4.69, 9.17) is 4.74 Å². The first kappa shape index (κ1) is 16.5. The Kier molecular flexibility index (Phi) is 5.11. The minimum absolute atomic E-state index is 0.421. The smallest absolute Gasteiger partial charge is 0.335 e. The number of methoxy groups -OCH3 is 1. The molecule has 1 N–H and O–H groups in total. The summed E-state index contributed by atoms with van der Waals surface area (Å²) >= 11 is 0. The van der Waals surface area contributed by atoms with Crippen molar-refractivity contribution < 1.29 is 14.6 Å². The quantitative estimate of drug-likeness (QED) is 0.884. The molecule has 1 aromatic carbocycles. The first-order valence-electron chi connectivity index (χ1n) is 8.19. The molecule has 0 radical (unpaired) electrons. The van der Waals surface area contributed by atoms with E-state index in [1.54, 1.807) is 25.4 Å². The summed E-state index contributed by atoms with van der Waals surface area (Å²) in [5.74, 6) is 0.311. The molecule has 0 saturated carbocycles. The van der Waals surface area contributed by atoms with E-state index >= 15 is 0 Å². The maximum absolute atomic E-state index is 11.3. The summed E-state index contributed by atoms with van der Waals surface area (Å²) < 4.78 is 5.32. The lowest BCUT2D eigenvalue weighted by Gasteiger charge is -2.17. The van der Waals surface area contributed by atoms with Crippen molar-refractivity contribution >= 4 is 5.97 Å². The molecule has 1 aromatic heterocycles. The van der Waals surface area contributed by atoms with Gasteiger partial charge >= 0.3 is 5.97 Å². The van der Waals surface area contributed by atoms with Crippen LogP contribution in [0.2, 0.25) is 0 Å². The number of pyridine rings is 1. The average Bonchev–Trinajstić information content (AvgIpc) is 3.02. The Morgan fingerprint density at radius 1 is 1.29 bits per heavy atom. The van der Waals surface area contributed by atoms with Crippen molar-refractivity contribution in [3.05, 3.63) is 59.3 Å². The standard InChI is InChI=1S/C19H22N2O3/c1-24-18-16(6-4-9-20-18)13-21-10-8-14(12-21)11-15-5-2-3-7-17(15)19(22)23/h2-7,9,14H,8,10-13H2,1H3,(H,22,23). The van der Waals surface area contributed by atoms with E-state index in [1.165, 1.54) is 0 Å². The number of likely N-dealkylation sites (tertiary alicyclic amines) is 1. The number of hydrogen-bond donors (Lipinski definition) is 1. The highest BCUT2D eigenvalue weighted by Crippen LogP contribution is 2.25. The number of carboxylic acid groups (broad SMARTS) is 1. The van der Waals surface area contributed by atoms with E-state index < -0.39 is 5.97 Å². The molecule has 1 atom stereocenters. The molecule has 1 saturated heterocycles. The first-order valence-corrected chi connectivity index (χ1v) is 8.19. The van der Waals surface area contributed by atoms with Gasteiger partial charge in [0, 0.05) is 24.8 Å². The minimum Gasteiger partial charge on any atom is -0.481 e.